The highest BCUT2D eigenvalue weighted by molar-refractivity contribution is 6.30. The monoisotopic (exact) mass is 590 g/mol. The molecule has 0 saturated carbocycles. The first-order chi connectivity index (χ1) is 20.0. The number of anilines is 2. The Balaban J connectivity index is 1.76. The summed E-state index contributed by atoms with van der Waals surface area (Å²) in [5.74, 6) is -1.78. The Hall–Kier alpha value is -4.74. The SMILES string of the molecule is CN(C)CCN(C)C(=O)c1cccc2oc(C(=O)Nc3ccc(Cl)cn3)c(NC(=O)c3ccc(C(=O)N(C)C)cc3)c12. The van der Waals surface area contributed by atoms with Gasteiger partial charge in [-0.2, -0.15) is 0 Å². The lowest BCUT2D eigenvalue weighted by atomic mass is 10.1. The standard InChI is InChI=1S/C30H31ClN6O5/c1-35(2)15-16-37(5)30(41)21-7-6-8-22-24(21)25(26(42-22)28(39)33-23-14-13-20(31)17-32-23)34-27(38)18-9-11-19(12-10-18)29(40)36(3)4/h6-14,17H,15-16H2,1-5H3,(H,34,38)(H,32,33,39). The third kappa shape index (κ3) is 6.76. The van der Waals surface area contributed by atoms with E-state index < -0.39 is 11.8 Å². The number of aromatic nitrogens is 1. The van der Waals surface area contributed by atoms with Crippen LogP contribution in [0.3, 0.4) is 0 Å². The van der Waals surface area contributed by atoms with Gasteiger partial charge >= 0.3 is 0 Å². The number of likely N-dealkylation sites (N-methyl/N-ethyl adjacent to an activating group) is 2. The smallest absolute Gasteiger partial charge is 0.294 e. The Bertz CT molecular complexity index is 1630. The first-order valence-corrected chi connectivity index (χ1v) is 13.4. The molecule has 2 aromatic carbocycles. The summed E-state index contributed by atoms with van der Waals surface area (Å²) in [5, 5.41) is 6.08. The van der Waals surface area contributed by atoms with Crippen molar-refractivity contribution in [2.75, 3.05) is 59.0 Å². The molecule has 2 N–H and O–H groups in total. The topological polar surface area (TPSA) is 128 Å². The Morgan fingerprint density at radius 2 is 1.50 bits per heavy atom. The van der Waals surface area contributed by atoms with Gasteiger partial charge in [0.1, 0.15) is 17.1 Å². The highest BCUT2D eigenvalue weighted by atomic mass is 35.5. The van der Waals surface area contributed by atoms with E-state index in [1.54, 1.807) is 62.4 Å². The Labute approximate surface area is 248 Å². The van der Waals surface area contributed by atoms with E-state index in [1.165, 1.54) is 29.3 Å². The maximum absolute atomic E-state index is 13.5. The van der Waals surface area contributed by atoms with Crippen LogP contribution in [-0.4, -0.2) is 91.6 Å². The zero-order valence-electron chi connectivity index (χ0n) is 23.9. The van der Waals surface area contributed by atoms with Crippen LogP contribution in [0.5, 0.6) is 0 Å². The van der Waals surface area contributed by atoms with E-state index in [2.05, 4.69) is 15.6 Å². The Kier molecular flexibility index (Phi) is 9.24. The normalized spacial score (nSPS) is 10.9. The van der Waals surface area contributed by atoms with Crippen molar-refractivity contribution in [3.05, 3.63) is 88.3 Å². The molecule has 11 nitrogen and oxygen atoms in total. The second-order valence-corrected chi connectivity index (χ2v) is 10.5. The zero-order chi connectivity index (χ0) is 30.6. The van der Waals surface area contributed by atoms with Crippen LogP contribution < -0.4 is 10.6 Å². The predicted molar refractivity (Wildman–Crippen MR) is 161 cm³/mol. The van der Waals surface area contributed by atoms with Gasteiger partial charge in [0.25, 0.3) is 23.6 Å². The summed E-state index contributed by atoms with van der Waals surface area (Å²) in [6.45, 7) is 1.09. The molecule has 42 heavy (non-hydrogen) atoms. The molecular weight excluding hydrogens is 560 g/mol. The second-order valence-electron chi connectivity index (χ2n) is 10.1. The number of furan rings is 1. The van der Waals surface area contributed by atoms with E-state index in [4.69, 9.17) is 16.0 Å². The number of benzene rings is 2. The molecule has 0 aliphatic carbocycles. The number of pyridine rings is 1. The summed E-state index contributed by atoms with van der Waals surface area (Å²) in [6.07, 6.45) is 1.38. The minimum Gasteiger partial charge on any atom is -0.449 e. The molecule has 4 aromatic rings. The molecule has 0 unspecified atom stereocenters. The van der Waals surface area contributed by atoms with Gasteiger partial charge in [-0.1, -0.05) is 17.7 Å². The molecule has 4 rings (SSSR count). The van der Waals surface area contributed by atoms with Crippen LogP contribution in [0.4, 0.5) is 11.5 Å². The van der Waals surface area contributed by atoms with Crippen LogP contribution in [0, 0.1) is 0 Å². The highest BCUT2D eigenvalue weighted by Crippen LogP contribution is 2.35. The van der Waals surface area contributed by atoms with Gasteiger partial charge in [0.05, 0.1) is 16.0 Å². The minimum atomic E-state index is -0.692. The van der Waals surface area contributed by atoms with E-state index in [0.717, 1.165) is 0 Å². The van der Waals surface area contributed by atoms with Crippen LogP contribution in [0.25, 0.3) is 11.0 Å². The quantitative estimate of drug-likeness (QED) is 0.297. The number of hydrogen-bond donors (Lipinski definition) is 2. The van der Waals surface area contributed by atoms with E-state index in [0.29, 0.717) is 23.7 Å². The van der Waals surface area contributed by atoms with E-state index >= 15 is 0 Å². The Morgan fingerprint density at radius 1 is 0.810 bits per heavy atom. The molecule has 2 heterocycles. The number of carbonyl (C=O) groups is 4. The summed E-state index contributed by atoms with van der Waals surface area (Å²) in [7, 11) is 8.77. The number of nitrogens with one attached hydrogen (secondary N) is 2. The summed E-state index contributed by atoms with van der Waals surface area (Å²) in [5.41, 5.74) is 1.16. The lowest BCUT2D eigenvalue weighted by Gasteiger charge is -2.20. The first kappa shape index (κ1) is 30.2. The molecule has 12 heteroatoms. The summed E-state index contributed by atoms with van der Waals surface area (Å²) in [6, 6.07) is 14.1. The van der Waals surface area contributed by atoms with Gasteiger partial charge in [0, 0.05) is 51.6 Å². The molecule has 0 aliphatic heterocycles. The van der Waals surface area contributed by atoms with Crippen molar-refractivity contribution < 1.29 is 23.6 Å². The number of hydrogen-bond acceptors (Lipinski definition) is 7. The maximum Gasteiger partial charge on any atom is 0.294 e. The largest absolute Gasteiger partial charge is 0.449 e. The van der Waals surface area contributed by atoms with Crippen LogP contribution in [0.2, 0.25) is 5.02 Å². The summed E-state index contributed by atoms with van der Waals surface area (Å²) < 4.78 is 5.93. The van der Waals surface area contributed by atoms with Crippen LogP contribution >= 0.6 is 11.6 Å². The predicted octanol–water partition coefficient (Wildman–Crippen LogP) is 4.32. The van der Waals surface area contributed by atoms with Crippen molar-refractivity contribution >= 4 is 57.7 Å². The average Bonchev–Trinajstić information content (AvgIpc) is 3.34. The van der Waals surface area contributed by atoms with Crippen molar-refractivity contribution in [2.45, 2.75) is 0 Å². The maximum atomic E-state index is 13.5. The van der Waals surface area contributed by atoms with Gasteiger partial charge in [0.2, 0.25) is 5.76 Å². The molecule has 0 radical (unpaired) electrons. The van der Waals surface area contributed by atoms with Crippen molar-refractivity contribution in [1.29, 1.82) is 0 Å². The van der Waals surface area contributed by atoms with Gasteiger partial charge in [-0.15, -0.1) is 0 Å². The molecule has 2 aromatic heterocycles. The lowest BCUT2D eigenvalue weighted by Crippen LogP contribution is -2.33. The number of halogens is 1. The summed E-state index contributed by atoms with van der Waals surface area (Å²) >= 11 is 5.91. The van der Waals surface area contributed by atoms with Crippen molar-refractivity contribution in [3.63, 3.8) is 0 Å². The van der Waals surface area contributed by atoms with Gasteiger partial charge in [-0.05, 0) is 62.6 Å². The molecule has 0 aliphatic rings. The fraction of sp³-hybridized carbons (Fsp3) is 0.233. The van der Waals surface area contributed by atoms with Crippen molar-refractivity contribution in [2.24, 2.45) is 0 Å². The lowest BCUT2D eigenvalue weighted by molar-refractivity contribution is 0.0786. The minimum absolute atomic E-state index is 0.0277. The number of nitrogens with zero attached hydrogens (tertiary/aromatic N) is 4. The fourth-order valence-electron chi connectivity index (χ4n) is 4.09. The summed E-state index contributed by atoms with van der Waals surface area (Å²) in [4.78, 5) is 61.7. The van der Waals surface area contributed by atoms with Crippen molar-refractivity contribution in [3.8, 4) is 0 Å². The van der Waals surface area contributed by atoms with Crippen LogP contribution in [0.1, 0.15) is 41.6 Å². The third-order valence-electron chi connectivity index (χ3n) is 6.39. The molecule has 0 saturated heterocycles. The second kappa shape index (κ2) is 12.8. The van der Waals surface area contributed by atoms with E-state index in [9.17, 15) is 19.2 Å². The fourth-order valence-corrected chi connectivity index (χ4v) is 4.21. The number of rotatable bonds is 9. The van der Waals surface area contributed by atoms with Crippen molar-refractivity contribution in [1.82, 2.24) is 19.7 Å². The number of fused-ring (bicyclic) bond motifs is 1. The Morgan fingerprint density at radius 3 is 2.12 bits per heavy atom. The van der Waals surface area contributed by atoms with Crippen LogP contribution in [-0.2, 0) is 0 Å². The van der Waals surface area contributed by atoms with Gasteiger partial charge in [-0.25, -0.2) is 4.98 Å². The average molecular weight is 591 g/mol. The zero-order valence-corrected chi connectivity index (χ0v) is 24.7. The van der Waals surface area contributed by atoms with E-state index in [-0.39, 0.29) is 51.2 Å². The number of amides is 4. The van der Waals surface area contributed by atoms with Gasteiger partial charge in [-0.3, -0.25) is 19.2 Å². The molecule has 0 fully saturated rings. The first-order valence-electron chi connectivity index (χ1n) is 13.0. The third-order valence-corrected chi connectivity index (χ3v) is 6.61. The number of carbonyl (C=O) groups excluding carboxylic acids is 4. The molecule has 218 valence electrons. The molecular formula is C30H31ClN6O5. The molecule has 4 amide bonds. The van der Waals surface area contributed by atoms with Gasteiger partial charge in [0.15, 0.2) is 0 Å². The van der Waals surface area contributed by atoms with Gasteiger partial charge < -0.3 is 29.8 Å². The van der Waals surface area contributed by atoms with Crippen LogP contribution in [0.15, 0.2) is 65.2 Å². The van der Waals surface area contributed by atoms with E-state index in [1.807, 2.05) is 19.0 Å². The molecule has 0 bridgehead atoms. The molecule has 0 atom stereocenters. The molecule has 0 spiro atoms. The highest BCUT2D eigenvalue weighted by Gasteiger charge is 2.28.